The summed E-state index contributed by atoms with van der Waals surface area (Å²) >= 11 is 1.36. The van der Waals surface area contributed by atoms with Crippen LogP contribution >= 0.6 is 11.8 Å². The number of H-pyrrole nitrogens is 1. The molecule has 1 aromatic carbocycles. The van der Waals surface area contributed by atoms with Gasteiger partial charge in [-0.3, -0.25) is 0 Å². The van der Waals surface area contributed by atoms with Crippen molar-refractivity contribution in [3.05, 3.63) is 77.0 Å². The highest BCUT2D eigenvalue weighted by Gasteiger charge is 2.21. The Bertz CT molecular complexity index is 1020. The molecule has 0 amide bonds. The summed E-state index contributed by atoms with van der Waals surface area (Å²) < 4.78 is 0. The normalized spacial score (nSPS) is 11.9. The molecule has 0 fully saturated rings. The number of aromatic nitrogens is 3. The third-order valence-electron chi connectivity index (χ3n) is 4.64. The molecule has 0 spiro atoms. The Balaban J connectivity index is 1.89. The van der Waals surface area contributed by atoms with E-state index in [4.69, 9.17) is 5.11 Å². The fourth-order valence-corrected chi connectivity index (χ4v) is 4.20. The molecular formula is C22H23N3O4S. The van der Waals surface area contributed by atoms with Gasteiger partial charge in [0, 0.05) is 24.5 Å². The number of hydrogen-bond donors (Lipinski definition) is 3. The Kier molecular flexibility index (Phi) is 7.24. The summed E-state index contributed by atoms with van der Waals surface area (Å²) in [7, 11) is 0. The first-order valence-corrected chi connectivity index (χ1v) is 10.6. The predicted molar refractivity (Wildman–Crippen MR) is 114 cm³/mol. The minimum Gasteiger partial charge on any atom is -0.478 e. The molecular weight excluding hydrogens is 402 g/mol. The largest absolute Gasteiger partial charge is 0.478 e. The van der Waals surface area contributed by atoms with E-state index in [0.717, 1.165) is 36.3 Å². The zero-order chi connectivity index (χ0) is 21.5. The molecule has 3 N–H and O–H groups in total. The van der Waals surface area contributed by atoms with Gasteiger partial charge >= 0.3 is 11.9 Å². The maximum atomic E-state index is 11.6. The Morgan fingerprint density at radius 3 is 2.53 bits per heavy atom. The van der Waals surface area contributed by atoms with Crippen LogP contribution in [0.1, 0.15) is 62.8 Å². The number of aryl methyl sites for hydroxylation is 1. The number of imidazole rings is 1. The molecule has 156 valence electrons. The minimum atomic E-state index is -1.02. The molecule has 8 heteroatoms. The van der Waals surface area contributed by atoms with Crippen LogP contribution in [0.3, 0.4) is 0 Å². The molecule has 7 nitrogen and oxygen atoms in total. The van der Waals surface area contributed by atoms with E-state index in [2.05, 4.69) is 21.9 Å². The summed E-state index contributed by atoms with van der Waals surface area (Å²) in [5.41, 5.74) is 2.20. The molecule has 0 saturated carbocycles. The van der Waals surface area contributed by atoms with Crippen LogP contribution in [0.2, 0.25) is 0 Å². The lowest BCUT2D eigenvalue weighted by atomic mass is 10.1. The van der Waals surface area contributed by atoms with Gasteiger partial charge < -0.3 is 15.2 Å². The van der Waals surface area contributed by atoms with E-state index < -0.39 is 11.9 Å². The van der Waals surface area contributed by atoms with Gasteiger partial charge in [-0.1, -0.05) is 37.2 Å². The van der Waals surface area contributed by atoms with Gasteiger partial charge in [-0.25, -0.2) is 19.6 Å². The highest BCUT2D eigenvalue weighted by molar-refractivity contribution is 7.99. The number of benzene rings is 1. The predicted octanol–water partition coefficient (Wildman–Crippen LogP) is 4.62. The van der Waals surface area contributed by atoms with Crippen LogP contribution in [0.4, 0.5) is 0 Å². The monoisotopic (exact) mass is 425 g/mol. The Hall–Kier alpha value is -3.13. The third-order valence-corrected chi connectivity index (χ3v) is 5.89. The molecule has 0 radical (unpaired) electrons. The lowest BCUT2D eigenvalue weighted by Gasteiger charge is -2.16. The molecule has 0 bridgehead atoms. The summed E-state index contributed by atoms with van der Waals surface area (Å²) in [4.78, 5) is 34.8. The van der Waals surface area contributed by atoms with Crippen molar-refractivity contribution < 1.29 is 19.8 Å². The summed E-state index contributed by atoms with van der Waals surface area (Å²) in [5.74, 6) is -1.09. The number of aromatic carboxylic acids is 2. The average molecular weight is 426 g/mol. The van der Waals surface area contributed by atoms with E-state index in [1.54, 1.807) is 42.7 Å². The lowest BCUT2D eigenvalue weighted by Crippen LogP contribution is -2.05. The Labute approximate surface area is 178 Å². The molecule has 3 aromatic rings. The number of rotatable bonds is 10. The minimum absolute atomic E-state index is 0.152. The molecule has 0 unspecified atom stereocenters. The van der Waals surface area contributed by atoms with Crippen molar-refractivity contribution in [2.75, 3.05) is 0 Å². The molecule has 3 rings (SSSR count). The summed E-state index contributed by atoms with van der Waals surface area (Å²) in [6, 6.07) is 9.84. The van der Waals surface area contributed by atoms with Crippen LogP contribution in [-0.4, -0.2) is 37.1 Å². The number of nitrogens with zero attached hydrogens (tertiary/aromatic N) is 2. The van der Waals surface area contributed by atoms with E-state index in [0.29, 0.717) is 11.4 Å². The molecule has 30 heavy (non-hydrogen) atoms. The maximum Gasteiger partial charge on any atom is 0.338 e. The summed E-state index contributed by atoms with van der Waals surface area (Å²) in [6.07, 6.45) is 6.89. The molecule has 0 aliphatic rings. The first kappa shape index (κ1) is 21.6. The van der Waals surface area contributed by atoms with Gasteiger partial charge in [0.1, 0.15) is 10.9 Å². The summed E-state index contributed by atoms with van der Waals surface area (Å²) in [5, 5.41) is 18.9. The smallest absolute Gasteiger partial charge is 0.338 e. The van der Waals surface area contributed by atoms with Crippen molar-refractivity contribution in [3.8, 4) is 0 Å². The van der Waals surface area contributed by atoms with Gasteiger partial charge in [0.15, 0.2) is 0 Å². The van der Waals surface area contributed by atoms with Crippen LogP contribution in [0.5, 0.6) is 0 Å². The first-order chi connectivity index (χ1) is 14.5. The van der Waals surface area contributed by atoms with E-state index in [1.807, 2.05) is 0 Å². The number of hydrogen-bond acceptors (Lipinski definition) is 5. The van der Waals surface area contributed by atoms with Crippen molar-refractivity contribution in [1.29, 1.82) is 0 Å². The summed E-state index contributed by atoms with van der Waals surface area (Å²) in [6.45, 7) is 2.12. The zero-order valence-electron chi connectivity index (χ0n) is 16.5. The number of thioether (sulfide) groups is 1. The molecule has 2 heterocycles. The van der Waals surface area contributed by atoms with E-state index in [1.165, 1.54) is 17.8 Å². The highest BCUT2D eigenvalue weighted by Crippen LogP contribution is 2.37. The van der Waals surface area contributed by atoms with Crippen molar-refractivity contribution >= 4 is 23.7 Å². The van der Waals surface area contributed by atoms with Gasteiger partial charge in [-0.2, -0.15) is 0 Å². The second-order valence-electron chi connectivity index (χ2n) is 6.86. The average Bonchev–Trinajstić information content (AvgIpc) is 3.21. The number of carboxylic acids is 2. The lowest BCUT2D eigenvalue weighted by molar-refractivity contribution is 0.0683. The first-order valence-electron chi connectivity index (χ1n) is 9.69. The van der Waals surface area contributed by atoms with E-state index in [9.17, 15) is 14.7 Å². The number of unbranched alkanes of at least 4 members (excludes halogenated alkanes) is 1. The molecule has 0 aliphatic heterocycles. The van der Waals surface area contributed by atoms with E-state index in [-0.39, 0.29) is 16.4 Å². The second kappa shape index (κ2) is 10.1. The molecule has 2 aromatic heterocycles. The Morgan fingerprint density at radius 1 is 1.10 bits per heavy atom. The van der Waals surface area contributed by atoms with Gasteiger partial charge in [0.25, 0.3) is 0 Å². The van der Waals surface area contributed by atoms with Crippen molar-refractivity contribution in [2.45, 2.75) is 42.9 Å². The fraction of sp³-hybridized carbons (Fsp3) is 0.273. The number of carboxylic acid groups (broad SMARTS) is 2. The second-order valence-corrected chi connectivity index (χ2v) is 8.05. The van der Waals surface area contributed by atoms with Crippen molar-refractivity contribution in [3.63, 3.8) is 0 Å². The molecule has 0 saturated heterocycles. The highest BCUT2D eigenvalue weighted by atomic mass is 32.2. The van der Waals surface area contributed by atoms with Crippen LogP contribution in [0.25, 0.3) is 0 Å². The van der Waals surface area contributed by atoms with Crippen LogP contribution in [0, 0.1) is 0 Å². The van der Waals surface area contributed by atoms with Crippen LogP contribution < -0.4 is 0 Å². The quantitative estimate of drug-likeness (QED) is 0.406. The zero-order valence-corrected chi connectivity index (χ0v) is 17.4. The fourth-order valence-electron chi connectivity index (χ4n) is 3.01. The van der Waals surface area contributed by atoms with Crippen LogP contribution in [0.15, 0.2) is 53.8 Å². The number of pyridine rings is 1. The van der Waals surface area contributed by atoms with Gasteiger partial charge in [-0.05, 0) is 42.7 Å². The Morgan fingerprint density at radius 2 is 1.87 bits per heavy atom. The van der Waals surface area contributed by atoms with Gasteiger partial charge in [-0.15, -0.1) is 0 Å². The third kappa shape index (κ3) is 5.48. The van der Waals surface area contributed by atoms with Gasteiger partial charge in [0.2, 0.25) is 0 Å². The maximum absolute atomic E-state index is 11.6. The number of nitrogens with one attached hydrogen (secondary N) is 1. The topological polar surface area (TPSA) is 116 Å². The number of aromatic amines is 1. The van der Waals surface area contributed by atoms with Crippen molar-refractivity contribution in [2.24, 2.45) is 0 Å². The molecule has 0 aliphatic carbocycles. The van der Waals surface area contributed by atoms with Gasteiger partial charge in [0.05, 0.1) is 16.4 Å². The SMILES string of the molecule is CCCCc1ncc([C@@H](Cc2ccc(C(=O)O)cc2)Sc2ncccc2C(=O)O)[nH]1. The van der Waals surface area contributed by atoms with Crippen molar-refractivity contribution in [1.82, 2.24) is 15.0 Å². The molecule has 1 atom stereocenters. The number of carbonyl (C=O) groups is 2. The van der Waals surface area contributed by atoms with E-state index >= 15 is 0 Å². The van der Waals surface area contributed by atoms with Crippen LogP contribution in [-0.2, 0) is 12.8 Å². The standard InChI is InChI=1S/C22H23N3O4S/c1-2-3-6-19-24-13-17(25-19)18(12-14-7-9-15(10-8-14)21(26)27)30-20-16(22(28)29)5-4-11-23-20/h4-5,7-11,13,18H,2-3,6,12H2,1H3,(H,24,25)(H,26,27)(H,28,29)/t18-/m1/s1.